The molecule has 0 bridgehead atoms. The molecular formula is C25H39N3O2. The molecule has 0 aromatic heterocycles. The number of rotatable bonds is 6. The molecule has 2 fully saturated rings. The third-order valence-electron chi connectivity index (χ3n) is 6.75. The first-order chi connectivity index (χ1) is 14.5. The number of carbonyl (C=O) groups is 2. The van der Waals surface area contributed by atoms with Gasteiger partial charge in [-0.25, -0.2) is 0 Å². The van der Waals surface area contributed by atoms with Gasteiger partial charge in [0.2, 0.25) is 5.91 Å². The van der Waals surface area contributed by atoms with Gasteiger partial charge in [0.15, 0.2) is 0 Å². The van der Waals surface area contributed by atoms with Crippen LogP contribution in [0.25, 0.3) is 0 Å². The highest BCUT2D eigenvalue weighted by atomic mass is 16.2. The van der Waals surface area contributed by atoms with E-state index in [1.54, 1.807) is 0 Å². The lowest BCUT2D eigenvalue weighted by molar-refractivity contribution is -0.134. The monoisotopic (exact) mass is 413 g/mol. The molecular weight excluding hydrogens is 374 g/mol. The largest absolute Gasteiger partial charge is 0.340 e. The van der Waals surface area contributed by atoms with Gasteiger partial charge < -0.3 is 15.1 Å². The van der Waals surface area contributed by atoms with Gasteiger partial charge in [0, 0.05) is 31.7 Å². The summed E-state index contributed by atoms with van der Waals surface area (Å²) in [5, 5.41) is 3.02. The van der Waals surface area contributed by atoms with Crippen molar-refractivity contribution < 1.29 is 9.59 Å². The van der Waals surface area contributed by atoms with E-state index in [1.165, 1.54) is 38.6 Å². The van der Waals surface area contributed by atoms with Crippen molar-refractivity contribution in [3.05, 3.63) is 35.4 Å². The van der Waals surface area contributed by atoms with E-state index in [0.717, 1.165) is 44.1 Å². The quantitative estimate of drug-likeness (QED) is 0.770. The highest BCUT2D eigenvalue weighted by Crippen LogP contribution is 2.25. The Morgan fingerprint density at radius 3 is 2.43 bits per heavy atom. The molecule has 3 rings (SSSR count). The molecule has 2 aliphatic rings. The molecule has 1 aliphatic heterocycles. The standard InChI is InChI=1S/C25H39N3O2/c1-19(2)23(26-24(29)22-13-8-7-10-20(22)3)25(30)28-15-9-14-27(16-17-28)18-21-11-5-4-6-12-21/h7-8,10,13,19,21,23H,4-6,9,11-12,14-18H2,1-3H3,(H,26,29). The average Bonchev–Trinajstić information content (AvgIpc) is 2.98. The highest BCUT2D eigenvalue weighted by molar-refractivity contribution is 5.98. The number of carbonyl (C=O) groups excluding carboxylic acids is 2. The molecule has 1 saturated heterocycles. The van der Waals surface area contributed by atoms with Gasteiger partial charge in [-0.1, -0.05) is 51.3 Å². The van der Waals surface area contributed by atoms with Crippen LogP contribution in [0.1, 0.15) is 68.3 Å². The van der Waals surface area contributed by atoms with Crippen molar-refractivity contribution in [1.29, 1.82) is 0 Å². The fourth-order valence-electron chi connectivity index (χ4n) is 4.87. The van der Waals surface area contributed by atoms with E-state index in [1.807, 2.05) is 49.9 Å². The van der Waals surface area contributed by atoms with Crippen LogP contribution in [-0.2, 0) is 4.79 Å². The first-order valence-corrected chi connectivity index (χ1v) is 11.8. The zero-order chi connectivity index (χ0) is 21.5. The number of hydrogen-bond acceptors (Lipinski definition) is 3. The summed E-state index contributed by atoms with van der Waals surface area (Å²) in [5.41, 5.74) is 1.57. The molecule has 0 radical (unpaired) electrons. The molecule has 30 heavy (non-hydrogen) atoms. The fraction of sp³-hybridized carbons (Fsp3) is 0.680. The van der Waals surface area contributed by atoms with E-state index < -0.39 is 6.04 Å². The molecule has 1 aromatic rings. The molecule has 5 heteroatoms. The van der Waals surface area contributed by atoms with Crippen LogP contribution >= 0.6 is 0 Å². The Kier molecular flexibility index (Phi) is 8.32. The minimum absolute atomic E-state index is 0.0482. The van der Waals surface area contributed by atoms with E-state index in [0.29, 0.717) is 5.56 Å². The number of benzene rings is 1. The van der Waals surface area contributed by atoms with Crippen LogP contribution in [0.3, 0.4) is 0 Å². The molecule has 1 atom stereocenters. The molecule has 1 saturated carbocycles. The van der Waals surface area contributed by atoms with Gasteiger partial charge in [-0.2, -0.15) is 0 Å². The summed E-state index contributed by atoms with van der Waals surface area (Å²) in [7, 11) is 0. The number of amides is 2. The summed E-state index contributed by atoms with van der Waals surface area (Å²) in [6, 6.07) is 7.05. The second-order valence-corrected chi connectivity index (χ2v) is 9.49. The van der Waals surface area contributed by atoms with Crippen LogP contribution in [0.15, 0.2) is 24.3 Å². The Bertz CT molecular complexity index is 712. The molecule has 1 heterocycles. The molecule has 5 nitrogen and oxygen atoms in total. The van der Waals surface area contributed by atoms with E-state index >= 15 is 0 Å². The van der Waals surface area contributed by atoms with Gasteiger partial charge >= 0.3 is 0 Å². The molecule has 0 spiro atoms. The topological polar surface area (TPSA) is 52.7 Å². The lowest BCUT2D eigenvalue weighted by Gasteiger charge is -2.30. The van der Waals surface area contributed by atoms with Gasteiger partial charge in [-0.3, -0.25) is 9.59 Å². The Labute approximate surface area is 182 Å². The predicted molar refractivity (Wildman–Crippen MR) is 121 cm³/mol. The maximum absolute atomic E-state index is 13.3. The normalized spacial score (nSPS) is 20.1. The fourth-order valence-corrected chi connectivity index (χ4v) is 4.87. The van der Waals surface area contributed by atoms with Crippen LogP contribution in [0, 0.1) is 18.8 Å². The second-order valence-electron chi connectivity index (χ2n) is 9.49. The minimum Gasteiger partial charge on any atom is -0.340 e. The number of nitrogens with zero attached hydrogens (tertiary/aromatic N) is 2. The molecule has 1 unspecified atom stereocenters. The highest BCUT2D eigenvalue weighted by Gasteiger charge is 2.30. The Morgan fingerprint density at radius 2 is 1.73 bits per heavy atom. The maximum Gasteiger partial charge on any atom is 0.252 e. The minimum atomic E-state index is -0.484. The second kappa shape index (κ2) is 10.9. The zero-order valence-corrected chi connectivity index (χ0v) is 19.0. The van der Waals surface area contributed by atoms with Crippen molar-refractivity contribution in [3.63, 3.8) is 0 Å². The first-order valence-electron chi connectivity index (χ1n) is 11.8. The molecule has 1 aromatic carbocycles. The predicted octanol–water partition coefficient (Wildman–Crippen LogP) is 3.86. The van der Waals surface area contributed by atoms with Crippen molar-refractivity contribution in [3.8, 4) is 0 Å². The summed E-state index contributed by atoms with van der Waals surface area (Å²) in [4.78, 5) is 30.7. The van der Waals surface area contributed by atoms with Gasteiger partial charge in [0.05, 0.1) is 0 Å². The SMILES string of the molecule is Cc1ccccc1C(=O)NC(C(=O)N1CCCN(CC2CCCCC2)CC1)C(C)C. The van der Waals surface area contributed by atoms with Gasteiger partial charge in [0.1, 0.15) is 6.04 Å². The number of hydrogen-bond donors (Lipinski definition) is 1. The number of aryl methyl sites for hydroxylation is 1. The molecule has 2 amide bonds. The van der Waals surface area contributed by atoms with Crippen molar-refractivity contribution in [2.45, 2.75) is 65.3 Å². The van der Waals surface area contributed by atoms with E-state index in [-0.39, 0.29) is 17.7 Å². The van der Waals surface area contributed by atoms with Gasteiger partial charge in [0.25, 0.3) is 5.91 Å². The summed E-state index contributed by atoms with van der Waals surface area (Å²) in [6.07, 6.45) is 7.87. The van der Waals surface area contributed by atoms with Crippen LogP contribution in [0.2, 0.25) is 0 Å². The lowest BCUT2D eigenvalue weighted by atomic mass is 9.89. The smallest absolute Gasteiger partial charge is 0.252 e. The zero-order valence-electron chi connectivity index (χ0n) is 19.0. The van der Waals surface area contributed by atoms with E-state index in [2.05, 4.69) is 10.2 Å². The average molecular weight is 414 g/mol. The summed E-state index contributed by atoms with van der Waals surface area (Å²) < 4.78 is 0. The third-order valence-corrected chi connectivity index (χ3v) is 6.75. The van der Waals surface area contributed by atoms with Crippen LogP contribution < -0.4 is 5.32 Å². The van der Waals surface area contributed by atoms with Crippen molar-refractivity contribution in [1.82, 2.24) is 15.1 Å². The molecule has 166 valence electrons. The maximum atomic E-state index is 13.3. The first kappa shape index (κ1) is 22.8. The van der Waals surface area contributed by atoms with E-state index in [9.17, 15) is 9.59 Å². The van der Waals surface area contributed by atoms with Crippen LogP contribution in [0.4, 0.5) is 0 Å². The van der Waals surface area contributed by atoms with Gasteiger partial charge in [-0.05, 0) is 56.2 Å². The summed E-state index contributed by atoms with van der Waals surface area (Å²) in [5.74, 6) is 0.783. The molecule has 1 N–H and O–H groups in total. The third kappa shape index (κ3) is 6.07. The van der Waals surface area contributed by atoms with Crippen LogP contribution in [0.5, 0.6) is 0 Å². The van der Waals surface area contributed by atoms with Gasteiger partial charge in [-0.15, -0.1) is 0 Å². The van der Waals surface area contributed by atoms with Crippen LogP contribution in [-0.4, -0.2) is 60.4 Å². The summed E-state index contributed by atoms with van der Waals surface area (Å²) >= 11 is 0. The Morgan fingerprint density at radius 1 is 1.00 bits per heavy atom. The van der Waals surface area contributed by atoms with Crippen molar-refractivity contribution in [2.75, 3.05) is 32.7 Å². The van der Waals surface area contributed by atoms with Crippen molar-refractivity contribution in [2.24, 2.45) is 11.8 Å². The summed E-state index contributed by atoms with van der Waals surface area (Å²) in [6.45, 7) is 10.7. The van der Waals surface area contributed by atoms with E-state index in [4.69, 9.17) is 0 Å². The lowest BCUT2D eigenvalue weighted by Crippen LogP contribution is -2.52. The van der Waals surface area contributed by atoms with Crippen molar-refractivity contribution >= 4 is 11.8 Å². The Hall–Kier alpha value is -1.88. The Balaban J connectivity index is 1.58. The number of nitrogens with one attached hydrogen (secondary N) is 1. The molecule has 1 aliphatic carbocycles.